The fourth-order valence-electron chi connectivity index (χ4n) is 4.72. The smallest absolute Gasteiger partial charge is 0.408 e. The second kappa shape index (κ2) is 11.7. The molecule has 3 atom stereocenters. The minimum absolute atomic E-state index is 0.0501. The van der Waals surface area contributed by atoms with Gasteiger partial charge in [0, 0.05) is 38.7 Å². The van der Waals surface area contributed by atoms with E-state index in [-0.39, 0.29) is 17.7 Å². The van der Waals surface area contributed by atoms with Crippen molar-refractivity contribution >= 4 is 17.0 Å². The van der Waals surface area contributed by atoms with Crippen molar-refractivity contribution in [2.24, 2.45) is 0 Å². The van der Waals surface area contributed by atoms with Crippen LogP contribution in [0.1, 0.15) is 12.0 Å². The topological polar surface area (TPSA) is 131 Å². The molecule has 0 bridgehead atoms. The number of carbonyl (C=O) groups excluding carboxylic acids is 1. The first-order valence-corrected chi connectivity index (χ1v) is 12.7. The summed E-state index contributed by atoms with van der Waals surface area (Å²) in [4.78, 5) is 25.0. The van der Waals surface area contributed by atoms with Gasteiger partial charge >= 0.3 is 5.76 Å². The van der Waals surface area contributed by atoms with Crippen LogP contribution in [0.3, 0.4) is 0 Å². The van der Waals surface area contributed by atoms with Gasteiger partial charge in [0.2, 0.25) is 0 Å². The van der Waals surface area contributed by atoms with E-state index in [1.54, 1.807) is 4.57 Å². The molecule has 5 rings (SSSR count). The van der Waals surface area contributed by atoms with Crippen LogP contribution in [0, 0.1) is 11.3 Å². The molecule has 0 aliphatic carbocycles. The second-order valence-corrected chi connectivity index (χ2v) is 9.40. The number of oxazole rings is 1. The molecule has 0 spiro atoms. The van der Waals surface area contributed by atoms with Gasteiger partial charge in [0.15, 0.2) is 5.58 Å². The average molecular weight is 506 g/mol. The van der Waals surface area contributed by atoms with Crippen molar-refractivity contribution in [3.05, 3.63) is 58.6 Å². The lowest BCUT2D eigenvalue weighted by atomic mass is 10.0. The number of nitriles is 1. The van der Waals surface area contributed by atoms with Gasteiger partial charge in [-0.1, -0.05) is 30.3 Å². The second-order valence-electron chi connectivity index (χ2n) is 9.40. The predicted octanol–water partition coefficient (Wildman–Crippen LogP) is 1.18. The van der Waals surface area contributed by atoms with Gasteiger partial charge in [0.1, 0.15) is 12.1 Å². The minimum Gasteiger partial charge on any atom is -0.408 e. The van der Waals surface area contributed by atoms with Crippen LogP contribution >= 0.6 is 0 Å². The van der Waals surface area contributed by atoms with Gasteiger partial charge in [0.25, 0.3) is 5.91 Å². The van der Waals surface area contributed by atoms with E-state index >= 15 is 0 Å². The lowest BCUT2D eigenvalue weighted by molar-refractivity contribution is -0.132. The van der Waals surface area contributed by atoms with Crippen LogP contribution in [0.25, 0.3) is 22.2 Å². The maximum absolute atomic E-state index is 12.5. The van der Waals surface area contributed by atoms with Gasteiger partial charge in [-0.25, -0.2) is 4.79 Å². The fourth-order valence-corrected chi connectivity index (χ4v) is 4.72. The summed E-state index contributed by atoms with van der Waals surface area (Å²) in [5, 5.41) is 18.9. The minimum atomic E-state index is -0.653. The first-order valence-electron chi connectivity index (χ1n) is 12.7. The maximum atomic E-state index is 12.5. The predicted molar refractivity (Wildman–Crippen MR) is 137 cm³/mol. The Kier molecular flexibility index (Phi) is 7.96. The van der Waals surface area contributed by atoms with Crippen LogP contribution < -0.4 is 21.7 Å². The number of hydrogen-bond acceptors (Lipinski definition) is 8. The summed E-state index contributed by atoms with van der Waals surface area (Å²) in [6, 6.07) is 15.1. The van der Waals surface area contributed by atoms with Crippen LogP contribution in [-0.4, -0.2) is 68.1 Å². The first-order chi connectivity index (χ1) is 18.1. The zero-order chi connectivity index (χ0) is 25.6. The molecule has 2 aliphatic rings. The van der Waals surface area contributed by atoms with Gasteiger partial charge in [-0.2, -0.15) is 5.26 Å². The first kappa shape index (κ1) is 25.2. The molecular formula is C27H31N5O5. The molecule has 10 heteroatoms. The van der Waals surface area contributed by atoms with Gasteiger partial charge in [0.05, 0.1) is 24.8 Å². The molecule has 1 aromatic heterocycles. The van der Waals surface area contributed by atoms with Crippen molar-refractivity contribution in [1.29, 1.82) is 5.26 Å². The average Bonchev–Trinajstić information content (AvgIpc) is 3.08. The van der Waals surface area contributed by atoms with Crippen molar-refractivity contribution in [3.63, 3.8) is 0 Å². The van der Waals surface area contributed by atoms with Crippen molar-refractivity contribution in [2.75, 3.05) is 39.5 Å². The van der Waals surface area contributed by atoms with Crippen LogP contribution in [0.4, 0.5) is 0 Å². The number of aromatic nitrogens is 1. The number of benzene rings is 2. The van der Waals surface area contributed by atoms with Crippen LogP contribution in [0.5, 0.6) is 0 Å². The number of fused-ring (bicyclic) bond motifs is 1. The number of amides is 1. The van der Waals surface area contributed by atoms with Crippen molar-refractivity contribution in [3.8, 4) is 17.2 Å². The summed E-state index contributed by atoms with van der Waals surface area (Å²) >= 11 is 0. The number of nitrogens with one attached hydrogen (secondary N) is 3. The number of hydrogen-bond donors (Lipinski definition) is 3. The lowest BCUT2D eigenvalue weighted by Crippen LogP contribution is -2.46. The van der Waals surface area contributed by atoms with Crippen LogP contribution in [0.2, 0.25) is 0 Å². The molecule has 37 heavy (non-hydrogen) atoms. The molecule has 194 valence electrons. The normalized spacial score (nSPS) is 21.2. The van der Waals surface area contributed by atoms with Gasteiger partial charge in [-0.3, -0.25) is 9.36 Å². The number of rotatable bonds is 7. The highest BCUT2D eigenvalue weighted by Crippen LogP contribution is 2.25. The molecule has 0 radical (unpaired) electrons. The molecule has 3 N–H and O–H groups in total. The zero-order valence-electron chi connectivity index (χ0n) is 20.6. The van der Waals surface area contributed by atoms with E-state index < -0.39 is 12.1 Å². The van der Waals surface area contributed by atoms with E-state index in [2.05, 4.69) is 22.0 Å². The number of carbonyl (C=O) groups is 1. The summed E-state index contributed by atoms with van der Waals surface area (Å²) in [5.74, 6) is -0.656. The Morgan fingerprint density at radius 1 is 1.16 bits per heavy atom. The van der Waals surface area contributed by atoms with E-state index in [1.165, 1.54) is 0 Å². The van der Waals surface area contributed by atoms with Crippen molar-refractivity contribution < 1.29 is 18.7 Å². The van der Waals surface area contributed by atoms with E-state index in [0.717, 1.165) is 41.7 Å². The maximum Gasteiger partial charge on any atom is 0.420 e. The lowest BCUT2D eigenvalue weighted by Gasteiger charge is -2.23. The Labute approximate surface area is 214 Å². The largest absolute Gasteiger partial charge is 0.420 e. The molecule has 2 fully saturated rings. The SMILES string of the molecule is N#C[C@H](Cc1ccc(-c2ccc3oc(=O)n(C[C@@H]4COCCN4)c3c2)cc1)NC(=O)[C@@H]1CNCCCO1. The summed E-state index contributed by atoms with van der Waals surface area (Å²) in [7, 11) is 0. The Morgan fingerprint density at radius 3 is 2.78 bits per heavy atom. The summed E-state index contributed by atoms with van der Waals surface area (Å²) in [5.41, 5.74) is 4.13. The van der Waals surface area contributed by atoms with Crippen LogP contribution in [0.15, 0.2) is 51.7 Å². The standard InChI is InChI=1S/C27H31N5O5/c28-14-21(31-26(33)25-15-29-8-1-10-36-25)12-18-2-4-19(5-3-18)20-6-7-24-23(13-20)32(27(34)37-24)16-22-17-35-11-9-30-22/h2-7,13,21-22,25,29-30H,1,8-12,15-17H2,(H,31,33)/t21-,22+,25-/m0/s1. The van der Waals surface area contributed by atoms with Gasteiger partial charge in [-0.15, -0.1) is 0 Å². The summed E-state index contributed by atoms with van der Waals surface area (Å²) in [6.45, 7) is 4.23. The third kappa shape index (κ3) is 6.09. The van der Waals surface area contributed by atoms with E-state index in [9.17, 15) is 14.9 Å². The molecule has 1 amide bonds. The molecule has 0 saturated carbocycles. The molecule has 2 saturated heterocycles. The highest BCUT2D eigenvalue weighted by Gasteiger charge is 2.23. The molecule has 3 heterocycles. The third-order valence-electron chi connectivity index (χ3n) is 6.71. The highest BCUT2D eigenvalue weighted by molar-refractivity contribution is 5.82. The molecule has 10 nitrogen and oxygen atoms in total. The Balaban J connectivity index is 1.27. The number of nitrogens with zero attached hydrogens (tertiary/aromatic N) is 2. The number of ether oxygens (including phenoxy) is 2. The molecule has 3 aromatic rings. The molecule has 2 aliphatic heterocycles. The molecular weight excluding hydrogens is 474 g/mol. The van der Waals surface area contributed by atoms with E-state index in [1.807, 2.05) is 42.5 Å². The molecule has 0 unspecified atom stereocenters. The zero-order valence-corrected chi connectivity index (χ0v) is 20.6. The quantitative estimate of drug-likeness (QED) is 0.436. The Morgan fingerprint density at radius 2 is 2.00 bits per heavy atom. The fraction of sp³-hybridized carbons (Fsp3) is 0.444. The van der Waals surface area contributed by atoms with E-state index in [4.69, 9.17) is 13.9 Å². The van der Waals surface area contributed by atoms with Gasteiger partial charge in [-0.05, 0) is 41.8 Å². The van der Waals surface area contributed by atoms with Crippen molar-refractivity contribution in [2.45, 2.75) is 37.6 Å². The molecule has 2 aromatic carbocycles. The Hall–Kier alpha value is -3.49. The third-order valence-corrected chi connectivity index (χ3v) is 6.71. The summed E-state index contributed by atoms with van der Waals surface area (Å²) < 4.78 is 18.2. The van der Waals surface area contributed by atoms with Gasteiger partial charge < -0.3 is 29.8 Å². The van der Waals surface area contributed by atoms with Crippen molar-refractivity contribution in [1.82, 2.24) is 20.5 Å². The van der Waals surface area contributed by atoms with E-state index in [0.29, 0.717) is 44.9 Å². The monoisotopic (exact) mass is 505 g/mol. The summed E-state index contributed by atoms with van der Waals surface area (Å²) in [6.07, 6.45) is 0.660. The number of morpholine rings is 1. The Bertz CT molecular complexity index is 1310. The van der Waals surface area contributed by atoms with Crippen LogP contribution in [-0.2, 0) is 27.2 Å². The highest BCUT2D eigenvalue weighted by atomic mass is 16.5.